The number of halogens is 4. The Kier molecular flexibility index (Phi) is 8.59. The van der Waals surface area contributed by atoms with Crippen LogP contribution in [0.1, 0.15) is 66.1 Å². The number of amides is 5. The number of pyridine rings is 1. The minimum Gasteiger partial charge on any atom is -0.338 e. The summed E-state index contributed by atoms with van der Waals surface area (Å²) in [6, 6.07) is 5.42. The minimum absolute atomic E-state index is 0.0420. The summed E-state index contributed by atoms with van der Waals surface area (Å²) in [5, 5.41) is 8.97. The number of imide groups is 1. The van der Waals surface area contributed by atoms with Gasteiger partial charge >= 0.3 is 12.2 Å². The van der Waals surface area contributed by atoms with Gasteiger partial charge in [0.2, 0.25) is 5.91 Å². The molecule has 0 atom stereocenters. The van der Waals surface area contributed by atoms with Crippen molar-refractivity contribution in [3.63, 3.8) is 0 Å². The summed E-state index contributed by atoms with van der Waals surface area (Å²) >= 11 is 6.05. The molecule has 0 spiro atoms. The molecule has 3 aliphatic rings. The number of benzene rings is 1. The number of urea groups is 1. The quantitative estimate of drug-likeness (QED) is 0.387. The van der Waals surface area contributed by atoms with Crippen molar-refractivity contribution in [1.82, 2.24) is 29.5 Å². The van der Waals surface area contributed by atoms with E-state index in [0.717, 1.165) is 24.6 Å². The maximum absolute atomic E-state index is 13.4. The Balaban J connectivity index is 1.09. The van der Waals surface area contributed by atoms with E-state index in [1.807, 2.05) is 0 Å². The molecule has 16 heteroatoms. The molecule has 6 rings (SSSR count). The highest BCUT2D eigenvalue weighted by atomic mass is 35.5. The van der Waals surface area contributed by atoms with E-state index in [2.05, 4.69) is 15.7 Å². The summed E-state index contributed by atoms with van der Waals surface area (Å²) in [6.45, 7) is 1.06. The van der Waals surface area contributed by atoms with E-state index < -0.39 is 29.2 Å². The summed E-state index contributed by atoms with van der Waals surface area (Å²) in [5.41, 5.74) is -1.52. The maximum Gasteiger partial charge on any atom is 0.416 e. The molecule has 2 aromatic heterocycles. The van der Waals surface area contributed by atoms with Gasteiger partial charge in [-0.25, -0.2) is 4.79 Å². The van der Waals surface area contributed by atoms with E-state index in [4.69, 9.17) is 11.6 Å². The molecule has 248 valence electrons. The number of anilines is 1. The summed E-state index contributed by atoms with van der Waals surface area (Å²) in [6.07, 6.45) is 2.79. The molecule has 2 N–H and O–H groups in total. The van der Waals surface area contributed by atoms with Crippen molar-refractivity contribution in [3.05, 3.63) is 81.0 Å². The Hall–Kier alpha value is -4.66. The van der Waals surface area contributed by atoms with Gasteiger partial charge in [-0.1, -0.05) is 17.7 Å². The number of aromatic nitrogens is 3. The van der Waals surface area contributed by atoms with Crippen LogP contribution in [0.15, 0.2) is 53.7 Å². The molecule has 1 aromatic carbocycles. The number of carbonyl (C=O) groups excluding carboxylic acids is 4. The van der Waals surface area contributed by atoms with Gasteiger partial charge in [-0.3, -0.25) is 29.2 Å². The van der Waals surface area contributed by atoms with Crippen molar-refractivity contribution in [2.75, 3.05) is 25.0 Å². The second-order valence-corrected chi connectivity index (χ2v) is 12.4. The van der Waals surface area contributed by atoms with Gasteiger partial charge in [0.25, 0.3) is 17.4 Å². The number of nitrogens with one attached hydrogen (secondary N) is 2. The Labute approximate surface area is 271 Å². The lowest BCUT2D eigenvalue weighted by Gasteiger charge is -2.40. The number of likely N-dealkylation sites (tertiary alicyclic amines) is 1. The number of nitrogens with zero attached hydrogens (tertiary/aromatic N) is 5. The molecule has 2 aliphatic heterocycles. The van der Waals surface area contributed by atoms with Gasteiger partial charge in [0, 0.05) is 50.1 Å². The van der Waals surface area contributed by atoms with E-state index >= 15 is 0 Å². The molecule has 2 saturated heterocycles. The van der Waals surface area contributed by atoms with Crippen molar-refractivity contribution in [2.24, 2.45) is 0 Å². The predicted octanol–water partition coefficient (Wildman–Crippen LogP) is 4.15. The lowest BCUT2D eigenvalue weighted by molar-refractivity contribution is -0.137. The van der Waals surface area contributed by atoms with E-state index in [1.165, 1.54) is 22.0 Å². The topological polar surface area (TPSA) is 139 Å². The summed E-state index contributed by atoms with van der Waals surface area (Å²) < 4.78 is 42.2. The van der Waals surface area contributed by atoms with Crippen LogP contribution in [0.3, 0.4) is 0 Å². The zero-order valence-corrected chi connectivity index (χ0v) is 25.8. The number of hydrogen-bond acceptors (Lipinski definition) is 6. The fourth-order valence-electron chi connectivity index (χ4n) is 6.22. The average molecular weight is 674 g/mol. The monoisotopic (exact) mass is 673 g/mol. The highest BCUT2D eigenvalue weighted by molar-refractivity contribution is 6.33. The molecule has 3 aromatic rings. The van der Waals surface area contributed by atoms with Crippen molar-refractivity contribution in [3.8, 4) is 0 Å². The van der Waals surface area contributed by atoms with Gasteiger partial charge in [0.15, 0.2) is 0 Å². The Morgan fingerprint density at radius 2 is 1.83 bits per heavy atom. The van der Waals surface area contributed by atoms with Crippen molar-refractivity contribution in [2.45, 2.75) is 62.8 Å². The van der Waals surface area contributed by atoms with Gasteiger partial charge < -0.3 is 19.7 Å². The Bertz CT molecular complexity index is 1790. The molecule has 3 fully saturated rings. The molecule has 0 unspecified atom stereocenters. The zero-order chi connectivity index (χ0) is 33.5. The smallest absolute Gasteiger partial charge is 0.338 e. The average Bonchev–Trinajstić information content (AvgIpc) is 3.49. The third-order valence-electron chi connectivity index (χ3n) is 9.12. The summed E-state index contributed by atoms with van der Waals surface area (Å²) in [7, 11) is 0. The normalized spacial score (nSPS) is 18.5. The number of alkyl halides is 3. The molecule has 0 bridgehead atoms. The molecule has 4 heterocycles. The molecule has 12 nitrogen and oxygen atoms in total. The molecular formula is C31H31ClF3N7O5. The third kappa shape index (κ3) is 6.35. The van der Waals surface area contributed by atoms with Crippen LogP contribution < -0.4 is 16.2 Å². The Morgan fingerprint density at radius 1 is 1.09 bits per heavy atom. The molecule has 0 radical (unpaired) electrons. The first kappa shape index (κ1) is 32.3. The number of hydrogen-bond donors (Lipinski definition) is 2. The van der Waals surface area contributed by atoms with Crippen LogP contribution in [0.2, 0.25) is 5.02 Å². The molecule has 1 saturated carbocycles. The lowest BCUT2D eigenvalue weighted by Crippen LogP contribution is -2.51. The maximum atomic E-state index is 13.4. The highest BCUT2D eigenvalue weighted by Gasteiger charge is 2.47. The lowest BCUT2D eigenvalue weighted by atomic mass is 9.76. The van der Waals surface area contributed by atoms with Gasteiger partial charge in [-0.2, -0.15) is 18.3 Å². The molecule has 5 amide bonds. The summed E-state index contributed by atoms with van der Waals surface area (Å²) in [5.74, 6) is -1.11. The highest BCUT2D eigenvalue weighted by Crippen LogP contribution is 2.41. The van der Waals surface area contributed by atoms with E-state index in [0.29, 0.717) is 44.3 Å². The van der Waals surface area contributed by atoms with Crippen molar-refractivity contribution in [1.29, 1.82) is 0 Å². The van der Waals surface area contributed by atoms with Crippen LogP contribution in [-0.2, 0) is 27.8 Å². The number of rotatable bonds is 7. The largest absolute Gasteiger partial charge is 0.416 e. The first-order valence-electron chi connectivity index (χ1n) is 15.2. The predicted molar refractivity (Wildman–Crippen MR) is 163 cm³/mol. The van der Waals surface area contributed by atoms with Crippen molar-refractivity contribution < 1.29 is 32.3 Å². The van der Waals surface area contributed by atoms with Crippen LogP contribution in [0, 0.1) is 0 Å². The van der Waals surface area contributed by atoms with Gasteiger partial charge in [-0.15, -0.1) is 0 Å². The van der Waals surface area contributed by atoms with E-state index in [-0.39, 0.29) is 59.2 Å². The standard InChI is InChI=1S/C31H31ClF3N7O5/c32-23-15-21(31(33,34)35)4-5-24(23)37-28(46)30(9-2-10-30)42-18-20(16-36-42)26(44)39-12-6-22(7-13-39)41-11-1-3-19(27(41)45)17-40-14-8-25(43)38-29(40)47/h1,3-5,11,15-16,18,22H,2,6-10,12-14,17H2,(H,37,46)(H,38,43,47). The van der Waals surface area contributed by atoms with E-state index in [9.17, 15) is 37.1 Å². The third-order valence-corrected chi connectivity index (χ3v) is 9.43. The molecular weight excluding hydrogens is 643 g/mol. The number of piperidine rings is 1. The number of carbonyl (C=O) groups is 4. The molecule has 1 aliphatic carbocycles. The molecule has 47 heavy (non-hydrogen) atoms. The van der Waals surface area contributed by atoms with Crippen LogP contribution in [0.5, 0.6) is 0 Å². The first-order valence-corrected chi connectivity index (χ1v) is 15.5. The van der Waals surface area contributed by atoms with E-state index in [1.54, 1.807) is 27.8 Å². The summed E-state index contributed by atoms with van der Waals surface area (Å²) in [4.78, 5) is 66.8. The fraction of sp³-hybridized carbons (Fsp3) is 0.419. The van der Waals surface area contributed by atoms with Gasteiger partial charge in [0.05, 0.1) is 34.6 Å². The second-order valence-electron chi connectivity index (χ2n) is 12.0. The van der Waals surface area contributed by atoms with Gasteiger partial charge in [0.1, 0.15) is 5.54 Å². The van der Waals surface area contributed by atoms with Crippen LogP contribution >= 0.6 is 11.6 Å². The van der Waals surface area contributed by atoms with Crippen LogP contribution in [0.4, 0.5) is 23.7 Å². The fourth-order valence-corrected chi connectivity index (χ4v) is 6.45. The minimum atomic E-state index is -4.57. The zero-order valence-electron chi connectivity index (χ0n) is 25.1. The van der Waals surface area contributed by atoms with Crippen LogP contribution in [-0.4, -0.2) is 67.5 Å². The van der Waals surface area contributed by atoms with Crippen LogP contribution in [0.25, 0.3) is 0 Å². The van der Waals surface area contributed by atoms with Gasteiger partial charge in [-0.05, 0) is 56.4 Å². The second kappa shape index (κ2) is 12.5. The SMILES string of the molecule is O=C1CCN(Cc2cccn(C3CCN(C(=O)c4cnn(C5(C(=O)Nc6ccc(C(F)(F)F)cc6Cl)CCC5)c4)CC3)c2=O)C(=O)N1. The van der Waals surface area contributed by atoms with Crippen molar-refractivity contribution >= 4 is 41.0 Å². The Morgan fingerprint density at radius 3 is 2.47 bits per heavy atom. The first-order chi connectivity index (χ1) is 22.4.